The molecular formula is C14H13ClN4OS. The van der Waals surface area contributed by atoms with Gasteiger partial charge in [-0.3, -0.25) is 0 Å². The minimum atomic E-state index is 0.278. The summed E-state index contributed by atoms with van der Waals surface area (Å²) >= 11 is 7.18. The lowest BCUT2D eigenvalue weighted by atomic mass is 10.2. The number of hydrogen-bond acceptors (Lipinski definition) is 6. The quantitative estimate of drug-likeness (QED) is 0.921. The molecule has 1 aliphatic heterocycles. The summed E-state index contributed by atoms with van der Waals surface area (Å²) in [5.41, 5.74) is 1.30. The molecule has 2 aromatic rings. The van der Waals surface area contributed by atoms with Crippen molar-refractivity contribution in [2.45, 2.75) is 0 Å². The summed E-state index contributed by atoms with van der Waals surface area (Å²) in [6, 6.07) is 9.45. The molecule has 1 fully saturated rings. The van der Waals surface area contributed by atoms with E-state index < -0.39 is 0 Å². The van der Waals surface area contributed by atoms with Gasteiger partial charge in [-0.2, -0.15) is 9.64 Å². The van der Waals surface area contributed by atoms with Crippen molar-refractivity contribution < 1.29 is 5.11 Å². The molecule has 0 unspecified atom stereocenters. The highest BCUT2D eigenvalue weighted by Gasteiger charge is 2.23. The summed E-state index contributed by atoms with van der Waals surface area (Å²) in [7, 11) is 0. The number of piperazine rings is 1. The van der Waals surface area contributed by atoms with Gasteiger partial charge in [-0.05, 0) is 23.7 Å². The Balaban J connectivity index is 1.74. The number of benzene rings is 1. The lowest BCUT2D eigenvalue weighted by Gasteiger charge is -2.36. The number of aromatic nitrogens is 1. The van der Waals surface area contributed by atoms with Crippen LogP contribution in [0.25, 0.3) is 0 Å². The predicted octanol–water partition coefficient (Wildman–Crippen LogP) is 2.70. The maximum atomic E-state index is 9.91. The van der Waals surface area contributed by atoms with Crippen molar-refractivity contribution in [2.75, 3.05) is 36.0 Å². The van der Waals surface area contributed by atoms with Crippen molar-refractivity contribution in [3.8, 4) is 11.8 Å². The van der Waals surface area contributed by atoms with Crippen molar-refractivity contribution >= 4 is 33.8 Å². The number of anilines is 2. The van der Waals surface area contributed by atoms with E-state index in [0.717, 1.165) is 36.9 Å². The number of aromatic hydroxyl groups is 1. The van der Waals surface area contributed by atoms with Crippen LogP contribution in [0.3, 0.4) is 0 Å². The molecule has 2 heterocycles. The van der Waals surface area contributed by atoms with Crippen molar-refractivity contribution in [1.29, 1.82) is 5.26 Å². The van der Waals surface area contributed by atoms with E-state index in [-0.39, 0.29) is 5.15 Å². The number of rotatable bonds is 2. The maximum Gasteiger partial charge on any atom is 0.162 e. The Morgan fingerprint density at radius 2 is 1.86 bits per heavy atom. The Bertz CT molecular complexity index is 689. The highest BCUT2D eigenvalue weighted by atomic mass is 35.5. The second-order valence-electron chi connectivity index (χ2n) is 4.73. The maximum absolute atomic E-state index is 9.91. The van der Waals surface area contributed by atoms with Gasteiger partial charge in [-0.25, -0.2) is 0 Å². The second kappa shape index (κ2) is 5.80. The summed E-state index contributed by atoms with van der Waals surface area (Å²) < 4.78 is 4.04. The van der Waals surface area contributed by atoms with Crippen LogP contribution in [-0.2, 0) is 0 Å². The fourth-order valence-corrected chi connectivity index (χ4v) is 3.54. The first-order valence-electron chi connectivity index (χ1n) is 6.54. The van der Waals surface area contributed by atoms with Gasteiger partial charge in [0.2, 0.25) is 0 Å². The molecule has 0 saturated carbocycles. The predicted molar refractivity (Wildman–Crippen MR) is 84.4 cm³/mol. The minimum absolute atomic E-state index is 0.278. The van der Waals surface area contributed by atoms with Crippen molar-refractivity contribution in [3.05, 3.63) is 35.0 Å². The molecule has 108 valence electrons. The third-order valence-corrected chi connectivity index (χ3v) is 4.82. The highest BCUT2D eigenvalue weighted by molar-refractivity contribution is 7.10. The first-order chi connectivity index (χ1) is 10.2. The van der Waals surface area contributed by atoms with E-state index in [1.807, 2.05) is 18.2 Å². The molecule has 0 atom stereocenters. The summed E-state index contributed by atoms with van der Waals surface area (Å²) in [4.78, 5) is 4.26. The van der Waals surface area contributed by atoms with Crippen LogP contribution in [0.5, 0.6) is 5.75 Å². The molecule has 1 aliphatic rings. The summed E-state index contributed by atoms with van der Waals surface area (Å²) in [6.45, 7) is 3.08. The zero-order chi connectivity index (χ0) is 14.8. The molecule has 1 aromatic heterocycles. The van der Waals surface area contributed by atoms with Gasteiger partial charge in [0.1, 0.15) is 22.4 Å². The van der Waals surface area contributed by atoms with E-state index in [1.54, 1.807) is 6.07 Å². The van der Waals surface area contributed by atoms with E-state index in [1.165, 1.54) is 11.5 Å². The summed E-state index contributed by atoms with van der Waals surface area (Å²) in [5, 5.41) is 20.2. The standard InChI is InChI=1S/C14H13ClN4OS/c15-13-10(9-16)14(21-17-13)19-7-5-18(6-8-19)11-3-1-2-4-12(11)20/h1-4,20H,5-8H2. The zero-order valence-electron chi connectivity index (χ0n) is 11.2. The lowest BCUT2D eigenvalue weighted by molar-refractivity contribution is 0.472. The average Bonchev–Trinajstić information content (AvgIpc) is 2.89. The molecule has 1 saturated heterocycles. The Hall–Kier alpha value is -1.97. The third-order valence-electron chi connectivity index (χ3n) is 3.53. The van der Waals surface area contributed by atoms with Gasteiger partial charge >= 0.3 is 0 Å². The van der Waals surface area contributed by atoms with Gasteiger partial charge in [0.25, 0.3) is 0 Å². The molecule has 0 radical (unpaired) electrons. The number of nitriles is 1. The number of hydrogen-bond donors (Lipinski definition) is 1. The molecule has 0 spiro atoms. The molecule has 1 aromatic carbocycles. The van der Waals surface area contributed by atoms with E-state index in [0.29, 0.717) is 11.3 Å². The van der Waals surface area contributed by atoms with E-state index >= 15 is 0 Å². The fraction of sp³-hybridized carbons (Fsp3) is 0.286. The smallest absolute Gasteiger partial charge is 0.162 e. The first-order valence-corrected chi connectivity index (χ1v) is 7.69. The molecular weight excluding hydrogens is 308 g/mol. The molecule has 0 amide bonds. The van der Waals surface area contributed by atoms with E-state index in [4.69, 9.17) is 16.9 Å². The number of halogens is 1. The number of phenolic OH excluding ortho intramolecular Hbond substituents is 1. The average molecular weight is 321 g/mol. The zero-order valence-corrected chi connectivity index (χ0v) is 12.7. The van der Waals surface area contributed by atoms with Gasteiger partial charge in [0.05, 0.1) is 5.69 Å². The van der Waals surface area contributed by atoms with Crippen LogP contribution in [0.4, 0.5) is 10.7 Å². The van der Waals surface area contributed by atoms with Crippen LogP contribution >= 0.6 is 23.1 Å². The molecule has 1 N–H and O–H groups in total. The number of nitrogens with zero attached hydrogens (tertiary/aromatic N) is 4. The molecule has 7 heteroatoms. The van der Waals surface area contributed by atoms with Crippen LogP contribution in [0.15, 0.2) is 24.3 Å². The number of phenols is 1. The topological polar surface area (TPSA) is 63.4 Å². The van der Waals surface area contributed by atoms with Crippen LogP contribution < -0.4 is 9.80 Å². The van der Waals surface area contributed by atoms with Gasteiger partial charge in [0.15, 0.2) is 5.15 Å². The normalized spacial score (nSPS) is 15.0. The lowest BCUT2D eigenvalue weighted by Crippen LogP contribution is -2.46. The summed E-state index contributed by atoms with van der Waals surface area (Å²) in [6.07, 6.45) is 0. The van der Waals surface area contributed by atoms with E-state index in [2.05, 4.69) is 20.2 Å². The fourth-order valence-electron chi connectivity index (χ4n) is 2.45. The minimum Gasteiger partial charge on any atom is -0.506 e. The van der Waals surface area contributed by atoms with Crippen LogP contribution in [0.2, 0.25) is 5.15 Å². The second-order valence-corrected chi connectivity index (χ2v) is 5.84. The Labute approximate surface area is 131 Å². The molecule has 21 heavy (non-hydrogen) atoms. The van der Waals surface area contributed by atoms with Crippen molar-refractivity contribution in [1.82, 2.24) is 4.37 Å². The van der Waals surface area contributed by atoms with Crippen LogP contribution in [-0.4, -0.2) is 35.7 Å². The van der Waals surface area contributed by atoms with E-state index in [9.17, 15) is 5.11 Å². The Morgan fingerprint density at radius 3 is 2.52 bits per heavy atom. The molecule has 5 nitrogen and oxygen atoms in total. The van der Waals surface area contributed by atoms with Crippen molar-refractivity contribution in [2.24, 2.45) is 0 Å². The van der Waals surface area contributed by atoms with Crippen LogP contribution in [0.1, 0.15) is 5.56 Å². The largest absolute Gasteiger partial charge is 0.506 e. The SMILES string of the molecule is N#Cc1c(Cl)nsc1N1CCN(c2ccccc2O)CC1. The van der Waals surface area contributed by atoms with Gasteiger partial charge < -0.3 is 14.9 Å². The third kappa shape index (κ3) is 2.62. The molecule has 3 rings (SSSR count). The van der Waals surface area contributed by atoms with Crippen molar-refractivity contribution in [3.63, 3.8) is 0 Å². The van der Waals surface area contributed by atoms with Gasteiger partial charge in [-0.1, -0.05) is 23.7 Å². The molecule has 0 aliphatic carbocycles. The van der Waals surface area contributed by atoms with Gasteiger partial charge in [0, 0.05) is 26.2 Å². The Morgan fingerprint density at radius 1 is 1.19 bits per heavy atom. The number of para-hydroxylation sites is 2. The van der Waals surface area contributed by atoms with Gasteiger partial charge in [-0.15, -0.1) is 0 Å². The first kappa shape index (κ1) is 14.0. The van der Waals surface area contributed by atoms with Crippen LogP contribution in [0, 0.1) is 11.3 Å². The summed E-state index contributed by atoms with van der Waals surface area (Å²) in [5.74, 6) is 0.296. The monoisotopic (exact) mass is 320 g/mol. The highest BCUT2D eigenvalue weighted by Crippen LogP contribution is 2.33. The Kier molecular flexibility index (Phi) is 3.86. The molecule has 0 bridgehead atoms.